The third kappa shape index (κ3) is 5.24. The smallest absolute Gasteiger partial charge is 0.157 e. The van der Waals surface area contributed by atoms with Crippen molar-refractivity contribution in [3.63, 3.8) is 0 Å². The highest BCUT2D eigenvalue weighted by Gasteiger charge is 2.18. The standard InChI is InChI=1S/C13H26N2S/c1-5-12-9-14-13(16-12)15-11(4)8-6-7-10(2)3/h10-12H,5-9H2,1-4H3,(H,14,15). The molecule has 0 fully saturated rings. The molecule has 1 aliphatic rings. The molecule has 1 aliphatic heterocycles. The van der Waals surface area contributed by atoms with Crippen molar-refractivity contribution >= 4 is 16.9 Å². The van der Waals surface area contributed by atoms with Gasteiger partial charge in [-0.1, -0.05) is 45.4 Å². The predicted molar refractivity (Wildman–Crippen MR) is 75.3 cm³/mol. The van der Waals surface area contributed by atoms with Crippen molar-refractivity contribution in [2.75, 3.05) is 6.54 Å². The molecule has 0 aromatic carbocycles. The van der Waals surface area contributed by atoms with Crippen LogP contribution < -0.4 is 5.32 Å². The van der Waals surface area contributed by atoms with Gasteiger partial charge in [-0.2, -0.15) is 0 Å². The van der Waals surface area contributed by atoms with Crippen LogP contribution in [0.25, 0.3) is 0 Å². The number of hydrogen-bond acceptors (Lipinski definition) is 3. The first-order chi connectivity index (χ1) is 7.61. The Labute approximate surface area is 105 Å². The molecule has 0 saturated heterocycles. The first kappa shape index (κ1) is 13.9. The molecule has 16 heavy (non-hydrogen) atoms. The monoisotopic (exact) mass is 242 g/mol. The molecule has 2 nitrogen and oxygen atoms in total. The Balaban J connectivity index is 2.12. The number of nitrogens with zero attached hydrogens (tertiary/aromatic N) is 1. The van der Waals surface area contributed by atoms with Crippen molar-refractivity contribution in [1.82, 2.24) is 5.32 Å². The average molecular weight is 242 g/mol. The van der Waals surface area contributed by atoms with Gasteiger partial charge >= 0.3 is 0 Å². The topological polar surface area (TPSA) is 24.4 Å². The molecule has 3 heteroatoms. The number of nitrogens with one attached hydrogen (secondary N) is 1. The molecule has 0 amide bonds. The minimum atomic E-state index is 0.570. The average Bonchev–Trinajstić information content (AvgIpc) is 2.65. The van der Waals surface area contributed by atoms with Gasteiger partial charge in [-0.15, -0.1) is 0 Å². The van der Waals surface area contributed by atoms with Crippen LogP contribution in [0.15, 0.2) is 4.99 Å². The van der Waals surface area contributed by atoms with E-state index in [1.165, 1.54) is 30.9 Å². The van der Waals surface area contributed by atoms with Crippen LogP contribution in [0, 0.1) is 5.92 Å². The quantitative estimate of drug-likeness (QED) is 0.768. The Morgan fingerprint density at radius 3 is 2.69 bits per heavy atom. The second-order valence-corrected chi connectivity index (χ2v) is 6.45. The van der Waals surface area contributed by atoms with Crippen LogP contribution in [0.2, 0.25) is 0 Å². The predicted octanol–water partition coefficient (Wildman–Crippen LogP) is 3.67. The Morgan fingerprint density at radius 2 is 2.12 bits per heavy atom. The zero-order chi connectivity index (χ0) is 12.0. The van der Waals surface area contributed by atoms with Crippen molar-refractivity contribution in [2.45, 2.75) is 64.7 Å². The first-order valence-corrected chi connectivity index (χ1v) is 7.47. The van der Waals surface area contributed by atoms with Crippen molar-refractivity contribution < 1.29 is 0 Å². The molecule has 1 rings (SSSR count). The van der Waals surface area contributed by atoms with Crippen molar-refractivity contribution in [2.24, 2.45) is 10.9 Å². The molecule has 0 aromatic heterocycles. The number of amidine groups is 1. The van der Waals surface area contributed by atoms with Gasteiger partial charge in [0.2, 0.25) is 0 Å². The van der Waals surface area contributed by atoms with E-state index in [0.717, 1.165) is 12.5 Å². The molecule has 1 heterocycles. The van der Waals surface area contributed by atoms with Gasteiger partial charge < -0.3 is 5.32 Å². The molecule has 2 atom stereocenters. The van der Waals surface area contributed by atoms with Gasteiger partial charge in [0, 0.05) is 11.3 Å². The third-order valence-corrected chi connectivity index (χ3v) is 4.25. The minimum absolute atomic E-state index is 0.570. The molecular weight excluding hydrogens is 216 g/mol. The molecule has 2 unspecified atom stereocenters. The lowest BCUT2D eigenvalue weighted by Gasteiger charge is -2.15. The van der Waals surface area contributed by atoms with Gasteiger partial charge in [-0.25, -0.2) is 0 Å². The van der Waals surface area contributed by atoms with Crippen LogP contribution in [0.3, 0.4) is 0 Å². The van der Waals surface area contributed by atoms with Gasteiger partial charge in [0.25, 0.3) is 0 Å². The maximum Gasteiger partial charge on any atom is 0.157 e. The van der Waals surface area contributed by atoms with E-state index in [2.05, 4.69) is 38.0 Å². The summed E-state index contributed by atoms with van der Waals surface area (Å²) in [5, 5.41) is 5.41. The minimum Gasteiger partial charge on any atom is -0.362 e. The van der Waals surface area contributed by atoms with E-state index in [4.69, 9.17) is 0 Å². The van der Waals surface area contributed by atoms with E-state index in [1.807, 2.05) is 11.8 Å². The molecule has 0 bridgehead atoms. The van der Waals surface area contributed by atoms with Gasteiger partial charge in [-0.3, -0.25) is 4.99 Å². The summed E-state index contributed by atoms with van der Waals surface area (Å²) in [6, 6.07) is 0.570. The van der Waals surface area contributed by atoms with E-state index in [-0.39, 0.29) is 0 Å². The van der Waals surface area contributed by atoms with Crippen molar-refractivity contribution in [3.8, 4) is 0 Å². The van der Waals surface area contributed by atoms with Gasteiger partial charge in [0.1, 0.15) is 0 Å². The van der Waals surface area contributed by atoms with Crippen LogP contribution in [-0.2, 0) is 0 Å². The Bertz CT molecular complexity index is 226. The molecule has 0 saturated carbocycles. The summed E-state index contributed by atoms with van der Waals surface area (Å²) >= 11 is 1.92. The van der Waals surface area contributed by atoms with Gasteiger partial charge in [0.05, 0.1) is 6.54 Å². The van der Waals surface area contributed by atoms with Crippen LogP contribution in [0.5, 0.6) is 0 Å². The highest BCUT2D eigenvalue weighted by Crippen LogP contribution is 2.22. The van der Waals surface area contributed by atoms with Crippen molar-refractivity contribution in [1.29, 1.82) is 0 Å². The van der Waals surface area contributed by atoms with Crippen molar-refractivity contribution in [3.05, 3.63) is 0 Å². The maximum atomic E-state index is 4.54. The first-order valence-electron chi connectivity index (χ1n) is 6.59. The molecule has 0 spiro atoms. The lowest BCUT2D eigenvalue weighted by molar-refractivity contribution is 0.495. The summed E-state index contributed by atoms with van der Waals surface area (Å²) in [5.41, 5.74) is 0. The number of aliphatic imine (C=N–C) groups is 1. The zero-order valence-electron chi connectivity index (χ0n) is 11.1. The largest absolute Gasteiger partial charge is 0.362 e. The molecule has 0 aromatic rings. The third-order valence-electron chi connectivity index (χ3n) is 2.96. The summed E-state index contributed by atoms with van der Waals surface area (Å²) in [6.07, 6.45) is 5.14. The zero-order valence-corrected chi connectivity index (χ0v) is 11.9. The second kappa shape index (κ2) is 7.21. The fraction of sp³-hybridized carbons (Fsp3) is 0.923. The van der Waals surface area contributed by atoms with Crippen LogP contribution in [-0.4, -0.2) is 23.0 Å². The van der Waals surface area contributed by atoms with E-state index in [1.54, 1.807) is 0 Å². The number of hydrogen-bond donors (Lipinski definition) is 1. The summed E-state index contributed by atoms with van der Waals surface area (Å²) in [4.78, 5) is 4.54. The van der Waals surface area contributed by atoms with Crippen LogP contribution in [0.1, 0.15) is 53.4 Å². The molecule has 0 aliphatic carbocycles. The second-order valence-electron chi connectivity index (χ2n) is 5.16. The Hall–Kier alpha value is -0.180. The van der Waals surface area contributed by atoms with E-state index in [9.17, 15) is 0 Å². The SMILES string of the molecule is CCC1CN=C(NC(C)CCCC(C)C)S1. The van der Waals surface area contributed by atoms with Crippen LogP contribution in [0.4, 0.5) is 0 Å². The molecular formula is C13H26N2S. The van der Waals surface area contributed by atoms with Crippen LogP contribution >= 0.6 is 11.8 Å². The van der Waals surface area contributed by atoms with Gasteiger partial charge in [-0.05, 0) is 25.7 Å². The fourth-order valence-corrected chi connectivity index (χ4v) is 2.87. The number of rotatable bonds is 6. The fourth-order valence-electron chi connectivity index (χ4n) is 1.82. The molecule has 94 valence electrons. The number of thioether (sulfide) groups is 1. The summed E-state index contributed by atoms with van der Waals surface area (Å²) in [7, 11) is 0. The Kier molecular flexibility index (Phi) is 6.25. The van der Waals surface area contributed by atoms with E-state index < -0.39 is 0 Å². The van der Waals surface area contributed by atoms with E-state index >= 15 is 0 Å². The molecule has 0 radical (unpaired) electrons. The lowest BCUT2D eigenvalue weighted by atomic mass is 10.0. The highest BCUT2D eigenvalue weighted by molar-refractivity contribution is 8.14. The summed E-state index contributed by atoms with van der Waals surface area (Å²) in [5.74, 6) is 0.829. The molecule has 1 N–H and O–H groups in total. The summed E-state index contributed by atoms with van der Waals surface area (Å²) < 4.78 is 0. The van der Waals surface area contributed by atoms with E-state index in [0.29, 0.717) is 11.3 Å². The highest BCUT2D eigenvalue weighted by atomic mass is 32.2. The summed E-state index contributed by atoms with van der Waals surface area (Å²) in [6.45, 7) is 10.1. The Morgan fingerprint density at radius 1 is 1.38 bits per heavy atom. The lowest BCUT2D eigenvalue weighted by Crippen LogP contribution is -2.30. The normalized spacial score (nSPS) is 22.3. The van der Waals surface area contributed by atoms with Gasteiger partial charge in [0.15, 0.2) is 5.17 Å². The maximum absolute atomic E-state index is 4.54.